The zero-order valence-electron chi connectivity index (χ0n) is 15.2. The molecule has 2 N–H and O–H groups in total. The molecule has 0 radical (unpaired) electrons. The van der Waals surface area contributed by atoms with Crippen molar-refractivity contribution in [2.75, 3.05) is 0 Å². The zero-order chi connectivity index (χ0) is 20.9. The Morgan fingerprint density at radius 1 is 1.25 bits per heavy atom. The Hall–Kier alpha value is -3.62. The van der Waals surface area contributed by atoms with Gasteiger partial charge < -0.3 is 19.7 Å². The van der Waals surface area contributed by atoms with Gasteiger partial charge in [-0.3, -0.25) is 14.9 Å². The molecule has 28 heavy (non-hydrogen) atoms. The third-order valence-electron chi connectivity index (χ3n) is 4.23. The number of rotatable bonds is 4. The van der Waals surface area contributed by atoms with Gasteiger partial charge in [0.05, 0.1) is 10.3 Å². The molecule has 0 saturated carbocycles. The Labute approximate surface area is 160 Å². The molecule has 148 valence electrons. The fourth-order valence-corrected chi connectivity index (χ4v) is 2.61. The summed E-state index contributed by atoms with van der Waals surface area (Å²) < 4.78 is 10.2. The van der Waals surface area contributed by atoms with Crippen LogP contribution in [0, 0.1) is 22.5 Å². The molecule has 1 aliphatic heterocycles. The van der Waals surface area contributed by atoms with Crippen LogP contribution in [0.2, 0.25) is 0 Å². The summed E-state index contributed by atoms with van der Waals surface area (Å²) in [4.78, 5) is 31.5. The number of hydrogen-bond acceptors (Lipinski definition) is 6. The molecule has 1 aromatic carbocycles. The van der Waals surface area contributed by atoms with Crippen molar-refractivity contribution in [2.24, 2.45) is 5.41 Å². The lowest BCUT2D eigenvalue weighted by Crippen LogP contribution is -2.28. The topological polar surface area (TPSA) is 136 Å². The summed E-state index contributed by atoms with van der Waals surface area (Å²) in [5.41, 5.74) is 0.513. The lowest BCUT2D eigenvalue weighted by Gasteiger charge is -2.23. The van der Waals surface area contributed by atoms with E-state index in [1.54, 1.807) is 19.1 Å². The van der Waals surface area contributed by atoms with Gasteiger partial charge in [-0.15, -0.1) is 0 Å². The number of carboxylic acid groups (broad SMARTS) is 2. The predicted molar refractivity (Wildman–Crippen MR) is 97.1 cm³/mol. The van der Waals surface area contributed by atoms with Crippen molar-refractivity contribution in [2.45, 2.75) is 26.6 Å². The molecule has 1 aliphatic carbocycles. The predicted octanol–water partition coefficient (Wildman–Crippen LogP) is 3.47. The summed E-state index contributed by atoms with van der Waals surface area (Å²) in [6.45, 7) is 3.19. The van der Waals surface area contributed by atoms with Crippen molar-refractivity contribution in [1.29, 1.82) is 0 Å². The van der Waals surface area contributed by atoms with Crippen LogP contribution in [0.15, 0.2) is 54.5 Å². The smallest absolute Gasteiger partial charge is 0.331 e. The molecule has 1 unspecified atom stereocenters. The van der Waals surface area contributed by atoms with Crippen molar-refractivity contribution >= 4 is 17.6 Å². The third-order valence-corrected chi connectivity index (χ3v) is 4.23. The highest BCUT2D eigenvalue weighted by atomic mass is 16.7. The van der Waals surface area contributed by atoms with Crippen LogP contribution in [0.25, 0.3) is 0 Å². The summed E-state index contributed by atoms with van der Waals surface area (Å²) in [5, 5.41) is 28.1. The number of allylic oxidation sites excluding steroid dienone is 2. The normalized spacial score (nSPS) is 20.3. The SMILES string of the molecule is CC1(C(=O)O)C=CC=C(C(=O)O)C1.Cc1cc(C2OC=CO2)ccc1[N+](=O)[O-]. The molecule has 1 heterocycles. The van der Waals surface area contributed by atoms with Crippen LogP contribution in [0.3, 0.4) is 0 Å². The lowest BCUT2D eigenvalue weighted by atomic mass is 9.80. The van der Waals surface area contributed by atoms with Gasteiger partial charge in [-0.05, 0) is 32.4 Å². The molecule has 2 aliphatic rings. The molecule has 0 amide bonds. The molecule has 0 aromatic heterocycles. The zero-order valence-corrected chi connectivity index (χ0v) is 15.2. The van der Waals surface area contributed by atoms with E-state index < -0.39 is 28.6 Å². The highest BCUT2D eigenvalue weighted by Gasteiger charge is 2.34. The summed E-state index contributed by atoms with van der Waals surface area (Å²) >= 11 is 0. The number of carbonyl (C=O) groups is 2. The number of nitro groups is 1. The standard InChI is InChI=1S/C10H9NO4.C9H10O4/c1-7-6-8(10-14-4-5-15-10)2-3-9(7)11(12)13;1-9(8(12)13)4-2-3-6(5-9)7(10)11/h2-6,10H,1H3;2-4H,5H2,1H3,(H,10,11)(H,12,13). The Bertz CT molecular complexity index is 878. The molecule has 0 fully saturated rings. The Kier molecular flexibility index (Phi) is 6.19. The first kappa shape index (κ1) is 20.7. The van der Waals surface area contributed by atoms with Crippen molar-refractivity contribution in [3.05, 3.63) is 75.8 Å². The average molecular weight is 389 g/mol. The molecule has 1 atom stereocenters. The molecular formula is C19H19NO8. The van der Waals surface area contributed by atoms with E-state index in [2.05, 4.69) is 0 Å². The number of aliphatic carboxylic acids is 2. The van der Waals surface area contributed by atoms with E-state index in [1.807, 2.05) is 0 Å². The highest BCUT2D eigenvalue weighted by Crippen LogP contribution is 2.31. The van der Waals surface area contributed by atoms with E-state index in [1.165, 1.54) is 43.7 Å². The van der Waals surface area contributed by atoms with Crippen LogP contribution >= 0.6 is 0 Å². The molecule has 0 spiro atoms. The van der Waals surface area contributed by atoms with Crippen molar-refractivity contribution in [1.82, 2.24) is 0 Å². The molecule has 9 nitrogen and oxygen atoms in total. The van der Waals surface area contributed by atoms with Crippen LogP contribution in [-0.4, -0.2) is 27.1 Å². The van der Waals surface area contributed by atoms with Crippen LogP contribution in [-0.2, 0) is 19.1 Å². The molecular weight excluding hydrogens is 370 g/mol. The van der Waals surface area contributed by atoms with E-state index in [9.17, 15) is 19.7 Å². The van der Waals surface area contributed by atoms with Crippen molar-refractivity contribution < 1.29 is 34.2 Å². The van der Waals surface area contributed by atoms with Gasteiger partial charge in [-0.25, -0.2) is 4.79 Å². The Balaban J connectivity index is 0.000000203. The van der Waals surface area contributed by atoms with Gasteiger partial charge in [-0.2, -0.15) is 0 Å². The number of nitro benzene ring substituents is 1. The summed E-state index contributed by atoms with van der Waals surface area (Å²) in [5.74, 6) is -2.06. The summed E-state index contributed by atoms with van der Waals surface area (Å²) in [7, 11) is 0. The number of ether oxygens (including phenoxy) is 2. The lowest BCUT2D eigenvalue weighted by molar-refractivity contribution is -0.385. The number of benzene rings is 1. The quantitative estimate of drug-likeness (QED) is 0.590. The minimum Gasteiger partial charge on any atom is -0.481 e. The van der Waals surface area contributed by atoms with E-state index >= 15 is 0 Å². The summed E-state index contributed by atoms with van der Waals surface area (Å²) in [6.07, 6.45) is 6.84. The Morgan fingerprint density at radius 3 is 2.39 bits per heavy atom. The van der Waals surface area contributed by atoms with Crippen LogP contribution in [0.1, 0.15) is 30.8 Å². The van der Waals surface area contributed by atoms with Gasteiger partial charge in [0.1, 0.15) is 12.5 Å². The maximum absolute atomic E-state index is 10.8. The average Bonchev–Trinajstić information content (AvgIpc) is 3.16. The molecule has 3 rings (SSSR count). The first-order valence-corrected chi connectivity index (χ1v) is 8.20. The first-order chi connectivity index (χ1) is 13.1. The minimum absolute atomic E-state index is 0.0359. The number of hydrogen-bond donors (Lipinski definition) is 2. The summed E-state index contributed by atoms with van der Waals surface area (Å²) in [6, 6.07) is 4.77. The fourth-order valence-electron chi connectivity index (χ4n) is 2.61. The second-order valence-electron chi connectivity index (χ2n) is 6.43. The van der Waals surface area contributed by atoms with Crippen LogP contribution < -0.4 is 0 Å². The van der Waals surface area contributed by atoms with Gasteiger partial charge in [0, 0.05) is 22.8 Å². The highest BCUT2D eigenvalue weighted by molar-refractivity contribution is 5.90. The van der Waals surface area contributed by atoms with Crippen molar-refractivity contribution in [3.8, 4) is 0 Å². The largest absolute Gasteiger partial charge is 0.481 e. The first-order valence-electron chi connectivity index (χ1n) is 8.20. The fraction of sp³-hybridized carbons (Fsp3) is 0.263. The van der Waals surface area contributed by atoms with Crippen LogP contribution in [0.4, 0.5) is 5.69 Å². The van der Waals surface area contributed by atoms with Gasteiger partial charge in [0.15, 0.2) is 0 Å². The molecule has 0 saturated heterocycles. The van der Waals surface area contributed by atoms with Crippen molar-refractivity contribution in [3.63, 3.8) is 0 Å². The Morgan fingerprint density at radius 2 is 1.89 bits per heavy atom. The number of carboxylic acids is 2. The molecule has 1 aromatic rings. The van der Waals surface area contributed by atoms with Gasteiger partial charge >= 0.3 is 11.9 Å². The van der Waals surface area contributed by atoms with E-state index in [0.29, 0.717) is 5.56 Å². The second-order valence-corrected chi connectivity index (χ2v) is 6.43. The number of nitrogens with zero attached hydrogens (tertiary/aromatic N) is 1. The van der Waals surface area contributed by atoms with E-state index in [0.717, 1.165) is 5.56 Å². The van der Waals surface area contributed by atoms with Gasteiger partial charge in [-0.1, -0.05) is 18.2 Å². The number of aryl methyl sites for hydroxylation is 1. The molecule has 0 bridgehead atoms. The monoisotopic (exact) mass is 389 g/mol. The van der Waals surface area contributed by atoms with Gasteiger partial charge in [0.2, 0.25) is 0 Å². The van der Waals surface area contributed by atoms with E-state index in [-0.39, 0.29) is 17.7 Å². The van der Waals surface area contributed by atoms with E-state index in [4.69, 9.17) is 19.7 Å². The second kappa shape index (κ2) is 8.38. The molecule has 9 heteroatoms. The van der Waals surface area contributed by atoms with Gasteiger partial charge in [0.25, 0.3) is 12.0 Å². The minimum atomic E-state index is -1.08. The maximum atomic E-state index is 10.8. The third kappa shape index (κ3) is 4.76. The van der Waals surface area contributed by atoms with Crippen LogP contribution in [0.5, 0.6) is 0 Å². The maximum Gasteiger partial charge on any atom is 0.331 e.